The summed E-state index contributed by atoms with van der Waals surface area (Å²) in [4.78, 5) is 13.1. The minimum Gasteiger partial charge on any atom is -0.493 e. The quantitative estimate of drug-likeness (QED) is 0.749. The number of benzene rings is 2. The highest BCUT2D eigenvalue weighted by molar-refractivity contribution is 5.49. The van der Waals surface area contributed by atoms with Crippen LogP contribution < -0.4 is 9.62 Å². The van der Waals surface area contributed by atoms with Gasteiger partial charge in [-0.1, -0.05) is 30.3 Å². The second-order valence-corrected chi connectivity index (χ2v) is 8.07. The van der Waals surface area contributed by atoms with Crippen LogP contribution in [-0.2, 0) is 30.8 Å². The van der Waals surface area contributed by atoms with E-state index in [-0.39, 0.29) is 0 Å². The van der Waals surface area contributed by atoms with Crippen LogP contribution in [0.15, 0.2) is 30.3 Å². The van der Waals surface area contributed by atoms with Crippen molar-refractivity contribution in [3.8, 4) is 11.5 Å². The molecular formula is C23H27NO3. The summed E-state index contributed by atoms with van der Waals surface area (Å²) in [6, 6.07) is 11.1. The van der Waals surface area contributed by atoms with Gasteiger partial charge in [0.25, 0.3) is 0 Å². The minimum atomic E-state index is 0.575. The maximum absolute atomic E-state index is 5.86. The maximum atomic E-state index is 5.86. The molecule has 5 rings (SSSR count). The fourth-order valence-electron chi connectivity index (χ4n) is 4.83. The van der Waals surface area contributed by atoms with Crippen molar-refractivity contribution in [2.24, 2.45) is 0 Å². The van der Waals surface area contributed by atoms with E-state index in [0.29, 0.717) is 12.5 Å². The molecule has 27 heavy (non-hydrogen) atoms. The van der Waals surface area contributed by atoms with E-state index in [1.165, 1.54) is 40.7 Å². The van der Waals surface area contributed by atoms with Gasteiger partial charge in [0.05, 0.1) is 6.61 Å². The van der Waals surface area contributed by atoms with Gasteiger partial charge in [-0.3, -0.25) is 0 Å². The molecule has 0 aromatic heterocycles. The normalized spacial score (nSPS) is 20.0. The summed E-state index contributed by atoms with van der Waals surface area (Å²) in [7, 11) is 2.24. The Morgan fingerprint density at radius 2 is 2.04 bits per heavy atom. The van der Waals surface area contributed by atoms with E-state index in [9.17, 15) is 0 Å². The lowest BCUT2D eigenvalue weighted by atomic mass is 9.81. The highest BCUT2D eigenvalue weighted by atomic mass is 17.2. The van der Waals surface area contributed by atoms with Crippen LogP contribution in [0.25, 0.3) is 0 Å². The van der Waals surface area contributed by atoms with Gasteiger partial charge < -0.3 is 14.5 Å². The standard InChI is InChI=1S/C23H27NO3/c1-24(12-10-16-4-2-5-17-11-13-25-22(16)17)14-18-6-3-7-21-20(18)9-8-19-15-26-27-23(19)21/h2,4-5,8-9,18H,3,6-7,10-15H2,1H3/t18-/m0/s1. The second kappa shape index (κ2) is 7.17. The summed E-state index contributed by atoms with van der Waals surface area (Å²) in [6.45, 7) is 3.55. The average Bonchev–Trinajstić information content (AvgIpc) is 3.35. The van der Waals surface area contributed by atoms with Gasteiger partial charge in [-0.25, -0.2) is 0 Å². The summed E-state index contributed by atoms with van der Waals surface area (Å²) in [5, 5.41) is 0. The van der Waals surface area contributed by atoms with Crippen molar-refractivity contribution in [1.29, 1.82) is 0 Å². The Kier molecular flexibility index (Phi) is 4.54. The molecule has 0 fully saturated rings. The third-order valence-corrected chi connectivity index (χ3v) is 6.24. The average molecular weight is 365 g/mol. The SMILES string of the molecule is CN(CCc1cccc2c1OCC2)C[C@@H]1CCCc2c1ccc1c2OOC1. The monoisotopic (exact) mass is 365 g/mol. The highest BCUT2D eigenvalue weighted by Crippen LogP contribution is 2.41. The molecule has 3 aliphatic rings. The van der Waals surface area contributed by atoms with E-state index < -0.39 is 0 Å². The first-order valence-corrected chi connectivity index (χ1v) is 10.2. The first-order chi connectivity index (χ1) is 13.3. The van der Waals surface area contributed by atoms with Crippen molar-refractivity contribution < 1.29 is 14.5 Å². The summed E-state index contributed by atoms with van der Waals surface area (Å²) in [6.07, 6.45) is 5.68. The molecular weight excluding hydrogens is 338 g/mol. The molecule has 0 amide bonds. The lowest BCUT2D eigenvalue weighted by Crippen LogP contribution is -2.28. The molecule has 0 saturated heterocycles. The van der Waals surface area contributed by atoms with Gasteiger partial charge >= 0.3 is 0 Å². The number of hydrogen-bond donors (Lipinski definition) is 0. The lowest BCUT2D eigenvalue weighted by molar-refractivity contribution is -0.195. The Balaban J connectivity index is 1.26. The molecule has 1 aliphatic carbocycles. The summed E-state index contributed by atoms with van der Waals surface area (Å²) in [5.41, 5.74) is 6.75. The fourth-order valence-corrected chi connectivity index (χ4v) is 4.83. The van der Waals surface area contributed by atoms with Gasteiger partial charge in [-0.15, -0.1) is 0 Å². The number of hydrogen-bond acceptors (Lipinski definition) is 4. The van der Waals surface area contributed by atoms with Crippen LogP contribution in [0, 0.1) is 0 Å². The Morgan fingerprint density at radius 3 is 3.00 bits per heavy atom. The van der Waals surface area contributed by atoms with Gasteiger partial charge in [0.1, 0.15) is 12.4 Å². The number of ether oxygens (including phenoxy) is 1. The van der Waals surface area contributed by atoms with Crippen LogP contribution in [0.1, 0.15) is 46.6 Å². The van der Waals surface area contributed by atoms with Crippen molar-refractivity contribution in [2.45, 2.75) is 44.6 Å². The largest absolute Gasteiger partial charge is 0.493 e. The first kappa shape index (κ1) is 17.1. The molecule has 0 unspecified atom stereocenters. The molecule has 0 saturated carbocycles. The topological polar surface area (TPSA) is 30.9 Å². The third kappa shape index (κ3) is 3.21. The maximum Gasteiger partial charge on any atom is 0.174 e. The number of nitrogens with zero attached hydrogens (tertiary/aromatic N) is 1. The Hall–Kier alpha value is -2.04. The van der Waals surface area contributed by atoms with Gasteiger partial charge in [0.2, 0.25) is 0 Å². The van der Waals surface area contributed by atoms with E-state index in [0.717, 1.165) is 50.5 Å². The van der Waals surface area contributed by atoms with Crippen molar-refractivity contribution in [1.82, 2.24) is 4.90 Å². The molecule has 2 aliphatic heterocycles. The van der Waals surface area contributed by atoms with Crippen LogP contribution in [0.2, 0.25) is 0 Å². The van der Waals surface area contributed by atoms with Crippen LogP contribution in [-0.4, -0.2) is 31.6 Å². The number of likely N-dealkylation sites (N-methyl/N-ethyl adjacent to an activating group) is 1. The van der Waals surface area contributed by atoms with Gasteiger partial charge in [-0.05, 0) is 55.3 Å². The molecule has 1 atom stereocenters. The number of fused-ring (bicyclic) bond motifs is 4. The predicted molar refractivity (Wildman–Crippen MR) is 104 cm³/mol. The first-order valence-electron chi connectivity index (χ1n) is 10.2. The van der Waals surface area contributed by atoms with Crippen LogP contribution >= 0.6 is 0 Å². The summed E-state index contributed by atoms with van der Waals surface area (Å²) in [5.74, 6) is 2.71. The number of para-hydroxylation sites is 1. The molecule has 142 valence electrons. The van der Waals surface area contributed by atoms with Crippen molar-refractivity contribution in [2.75, 3.05) is 26.7 Å². The Bertz CT molecular complexity index is 848. The van der Waals surface area contributed by atoms with Crippen molar-refractivity contribution >= 4 is 0 Å². The van der Waals surface area contributed by atoms with Gasteiger partial charge in [-0.2, -0.15) is 4.89 Å². The van der Waals surface area contributed by atoms with Crippen molar-refractivity contribution in [3.63, 3.8) is 0 Å². The van der Waals surface area contributed by atoms with E-state index in [1.54, 1.807) is 0 Å². The summed E-state index contributed by atoms with van der Waals surface area (Å²) < 4.78 is 5.86. The Morgan fingerprint density at radius 1 is 1.07 bits per heavy atom. The van der Waals surface area contributed by atoms with Gasteiger partial charge in [0.15, 0.2) is 5.75 Å². The smallest absolute Gasteiger partial charge is 0.174 e. The number of rotatable bonds is 5. The van der Waals surface area contributed by atoms with E-state index in [2.05, 4.69) is 42.3 Å². The molecule has 2 aromatic rings. The van der Waals surface area contributed by atoms with Crippen molar-refractivity contribution in [3.05, 3.63) is 58.1 Å². The zero-order valence-corrected chi connectivity index (χ0v) is 16.0. The zero-order valence-electron chi connectivity index (χ0n) is 16.0. The third-order valence-electron chi connectivity index (χ3n) is 6.24. The minimum absolute atomic E-state index is 0.575. The summed E-state index contributed by atoms with van der Waals surface area (Å²) >= 11 is 0. The zero-order chi connectivity index (χ0) is 18.2. The molecule has 0 radical (unpaired) electrons. The molecule has 4 heteroatoms. The molecule has 2 heterocycles. The molecule has 2 aromatic carbocycles. The van der Waals surface area contributed by atoms with E-state index in [1.807, 2.05) is 0 Å². The molecule has 4 nitrogen and oxygen atoms in total. The lowest BCUT2D eigenvalue weighted by Gasteiger charge is -2.30. The van der Waals surface area contributed by atoms with Gasteiger partial charge in [0, 0.05) is 30.6 Å². The fraction of sp³-hybridized carbons (Fsp3) is 0.478. The predicted octanol–water partition coefficient (Wildman–Crippen LogP) is 4.04. The molecule has 0 N–H and O–H groups in total. The van der Waals surface area contributed by atoms with Crippen LogP contribution in [0.3, 0.4) is 0 Å². The van der Waals surface area contributed by atoms with Crippen LogP contribution in [0.4, 0.5) is 0 Å². The second-order valence-electron chi connectivity index (χ2n) is 8.07. The molecule has 0 spiro atoms. The van der Waals surface area contributed by atoms with E-state index >= 15 is 0 Å². The highest BCUT2D eigenvalue weighted by Gasteiger charge is 2.28. The Labute approximate surface area is 161 Å². The van der Waals surface area contributed by atoms with E-state index in [4.69, 9.17) is 14.5 Å². The van der Waals surface area contributed by atoms with Crippen LogP contribution in [0.5, 0.6) is 11.5 Å². The molecule has 0 bridgehead atoms.